The van der Waals surface area contributed by atoms with Crippen LogP contribution in [0.15, 0.2) is 24.3 Å². The van der Waals surface area contributed by atoms with E-state index in [1.807, 2.05) is 24.3 Å². The Labute approximate surface area is 151 Å². The van der Waals surface area contributed by atoms with Gasteiger partial charge >= 0.3 is 0 Å². The highest BCUT2D eigenvalue weighted by atomic mass is 16.5. The molecule has 5 nitrogen and oxygen atoms in total. The number of piperidine rings is 1. The Hall–Kier alpha value is -1.59. The van der Waals surface area contributed by atoms with Crippen LogP contribution in [0.4, 0.5) is 5.69 Å². The van der Waals surface area contributed by atoms with Gasteiger partial charge in [-0.2, -0.15) is 0 Å². The first-order valence-corrected chi connectivity index (χ1v) is 9.22. The van der Waals surface area contributed by atoms with Gasteiger partial charge in [0.2, 0.25) is 0 Å². The molecule has 0 saturated carbocycles. The van der Waals surface area contributed by atoms with Crippen molar-refractivity contribution >= 4 is 11.6 Å². The molecule has 1 aliphatic heterocycles. The third kappa shape index (κ3) is 6.33. The molecule has 1 aromatic rings. The molecule has 0 aromatic heterocycles. The summed E-state index contributed by atoms with van der Waals surface area (Å²) < 4.78 is 11.0. The monoisotopic (exact) mass is 348 g/mol. The van der Waals surface area contributed by atoms with Crippen LogP contribution >= 0.6 is 0 Å². The zero-order valence-electron chi connectivity index (χ0n) is 16.0. The highest BCUT2D eigenvalue weighted by Gasteiger charge is 2.26. The first-order chi connectivity index (χ1) is 11.9. The van der Waals surface area contributed by atoms with Gasteiger partial charge in [0.15, 0.2) is 0 Å². The summed E-state index contributed by atoms with van der Waals surface area (Å²) in [7, 11) is 1.53. The maximum Gasteiger partial charge on any atom is 0.256 e. The summed E-state index contributed by atoms with van der Waals surface area (Å²) in [5.41, 5.74) is -0.106. The van der Waals surface area contributed by atoms with Crippen molar-refractivity contribution in [3.05, 3.63) is 24.3 Å². The zero-order chi connectivity index (χ0) is 18.3. The second-order valence-corrected chi connectivity index (χ2v) is 7.44. The molecule has 0 spiro atoms. The van der Waals surface area contributed by atoms with E-state index in [0.29, 0.717) is 6.61 Å². The van der Waals surface area contributed by atoms with Gasteiger partial charge in [0.25, 0.3) is 5.91 Å². The lowest BCUT2D eigenvalue weighted by molar-refractivity contribution is -0.133. The number of carbonyl (C=O) groups excluding carboxylic acids is 1. The van der Waals surface area contributed by atoms with E-state index >= 15 is 0 Å². The summed E-state index contributed by atoms with van der Waals surface area (Å²) in [4.78, 5) is 14.6. The molecule has 1 heterocycles. The van der Waals surface area contributed by atoms with E-state index in [9.17, 15) is 4.79 Å². The highest BCUT2D eigenvalue weighted by Crippen LogP contribution is 2.19. The van der Waals surface area contributed by atoms with Gasteiger partial charge in [-0.25, -0.2) is 0 Å². The van der Waals surface area contributed by atoms with Gasteiger partial charge in [0.05, 0.1) is 6.61 Å². The van der Waals surface area contributed by atoms with E-state index < -0.39 is 5.60 Å². The van der Waals surface area contributed by atoms with Gasteiger partial charge in [0.1, 0.15) is 11.4 Å². The van der Waals surface area contributed by atoms with Crippen molar-refractivity contribution in [1.29, 1.82) is 0 Å². The fraction of sp³-hybridized carbons (Fsp3) is 0.650. The molecule has 0 bridgehead atoms. The van der Waals surface area contributed by atoms with Crippen LogP contribution in [0.1, 0.15) is 40.0 Å². The maximum atomic E-state index is 12.1. The number of hydrogen-bond acceptors (Lipinski definition) is 4. The van der Waals surface area contributed by atoms with Gasteiger partial charge in [-0.1, -0.05) is 6.92 Å². The lowest BCUT2D eigenvalue weighted by Crippen LogP contribution is -2.38. The molecular weight excluding hydrogens is 316 g/mol. The number of benzene rings is 1. The van der Waals surface area contributed by atoms with E-state index in [-0.39, 0.29) is 5.91 Å². The summed E-state index contributed by atoms with van der Waals surface area (Å²) in [5, 5.41) is 2.85. The van der Waals surface area contributed by atoms with Crippen molar-refractivity contribution in [2.45, 2.75) is 45.6 Å². The summed E-state index contributed by atoms with van der Waals surface area (Å²) in [6, 6.07) is 7.48. The second kappa shape index (κ2) is 9.20. The van der Waals surface area contributed by atoms with Gasteiger partial charge < -0.3 is 19.7 Å². The molecule has 1 saturated heterocycles. The van der Waals surface area contributed by atoms with Crippen molar-refractivity contribution in [3.63, 3.8) is 0 Å². The van der Waals surface area contributed by atoms with E-state index in [1.54, 1.807) is 13.8 Å². The van der Waals surface area contributed by atoms with Crippen LogP contribution in [0.5, 0.6) is 5.75 Å². The molecule has 0 unspecified atom stereocenters. The lowest BCUT2D eigenvalue weighted by atomic mass is 10.0. The number of ether oxygens (including phenoxy) is 2. The molecule has 2 rings (SSSR count). The molecular formula is C20H32N2O3. The predicted octanol–water partition coefficient (Wildman–Crippen LogP) is 3.55. The Bertz CT molecular complexity index is 542. The zero-order valence-corrected chi connectivity index (χ0v) is 16.0. The number of amides is 1. The van der Waals surface area contributed by atoms with Crippen molar-refractivity contribution in [2.24, 2.45) is 5.92 Å². The Morgan fingerprint density at radius 1 is 1.32 bits per heavy atom. The topological polar surface area (TPSA) is 50.8 Å². The summed E-state index contributed by atoms with van der Waals surface area (Å²) in [6.07, 6.45) is 3.71. The van der Waals surface area contributed by atoms with E-state index in [2.05, 4.69) is 17.1 Å². The normalized spacial score (nSPS) is 18.8. The molecule has 25 heavy (non-hydrogen) atoms. The molecule has 0 radical (unpaired) electrons. The average Bonchev–Trinajstić information content (AvgIpc) is 2.60. The summed E-state index contributed by atoms with van der Waals surface area (Å²) >= 11 is 0. The molecule has 0 aliphatic carbocycles. The van der Waals surface area contributed by atoms with Gasteiger partial charge in [-0.05, 0) is 69.8 Å². The molecule has 5 heteroatoms. The number of methoxy groups -OCH3 is 1. The van der Waals surface area contributed by atoms with Crippen molar-refractivity contribution in [3.8, 4) is 5.75 Å². The molecule has 1 fully saturated rings. The third-order valence-electron chi connectivity index (χ3n) is 4.80. The fourth-order valence-electron chi connectivity index (χ4n) is 2.98. The first-order valence-electron chi connectivity index (χ1n) is 9.22. The quantitative estimate of drug-likeness (QED) is 0.730. The van der Waals surface area contributed by atoms with Gasteiger partial charge in [-0.3, -0.25) is 4.79 Å². The molecule has 1 N–H and O–H groups in total. The number of rotatable bonds is 8. The average molecular weight is 348 g/mol. The lowest BCUT2D eigenvalue weighted by Gasteiger charge is -2.30. The minimum atomic E-state index is -0.846. The fourth-order valence-corrected chi connectivity index (χ4v) is 2.98. The van der Waals surface area contributed by atoms with Crippen molar-refractivity contribution in [1.82, 2.24) is 4.90 Å². The smallest absolute Gasteiger partial charge is 0.256 e. The molecule has 1 amide bonds. The summed E-state index contributed by atoms with van der Waals surface area (Å²) in [5.74, 6) is 1.48. The Morgan fingerprint density at radius 2 is 2.04 bits per heavy atom. The van der Waals surface area contributed by atoms with Crippen LogP contribution in [-0.2, 0) is 9.53 Å². The van der Waals surface area contributed by atoms with Gasteiger partial charge in [-0.15, -0.1) is 0 Å². The number of nitrogens with one attached hydrogen (secondary N) is 1. The van der Waals surface area contributed by atoms with E-state index in [1.165, 1.54) is 33.0 Å². The predicted molar refractivity (Wildman–Crippen MR) is 101 cm³/mol. The van der Waals surface area contributed by atoms with E-state index in [4.69, 9.17) is 9.47 Å². The molecule has 140 valence electrons. The van der Waals surface area contributed by atoms with Crippen LogP contribution in [0, 0.1) is 5.92 Å². The third-order valence-corrected chi connectivity index (χ3v) is 4.80. The van der Waals surface area contributed by atoms with Crippen LogP contribution in [-0.4, -0.2) is 49.8 Å². The minimum Gasteiger partial charge on any atom is -0.494 e. The van der Waals surface area contributed by atoms with E-state index in [0.717, 1.165) is 30.3 Å². The van der Waals surface area contributed by atoms with Crippen LogP contribution < -0.4 is 10.1 Å². The molecule has 1 aliphatic rings. The molecule has 1 atom stereocenters. The Morgan fingerprint density at radius 3 is 2.68 bits per heavy atom. The number of anilines is 1. The van der Waals surface area contributed by atoms with Crippen molar-refractivity contribution < 1.29 is 14.3 Å². The maximum absolute atomic E-state index is 12.1. The summed E-state index contributed by atoms with van der Waals surface area (Å²) in [6.45, 7) is 10.1. The SMILES string of the molecule is COC(C)(C)C(=O)Nc1ccc(OCCCN2CCC[C@H](C)C2)cc1. The Balaban J connectivity index is 1.70. The van der Waals surface area contributed by atoms with Crippen LogP contribution in [0.3, 0.4) is 0 Å². The number of likely N-dealkylation sites (tertiary alicyclic amines) is 1. The van der Waals surface area contributed by atoms with Crippen molar-refractivity contribution in [2.75, 3.05) is 38.7 Å². The standard InChI is InChI=1S/C20H32N2O3/c1-16-7-5-12-22(15-16)13-6-14-25-18-10-8-17(9-11-18)21-19(23)20(2,3)24-4/h8-11,16H,5-7,12-15H2,1-4H3,(H,21,23)/t16-/m0/s1. The second-order valence-electron chi connectivity index (χ2n) is 7.44. The highest BCUT2D eigenvalue weighted by molar-refractivity contribution is 5.96. The number of carbonyl (C=O) groups is 1. The Kier molecular flexibility index (Phi) is 7.26. The number of nitrogens with zero attached hydrogens (tertiary/aromatic N) is 1. The van der Waals surface area contributed by atoms with Gasteiger partial charge in [0, 0.05) is 25.9 Å². The first kappa shape index (κ1) is 19.7. The molecule has 1 aromatic carbocycles. The number of hydrogen-bond donors (Lipinski definition) is 1. The largest absolute Gasteiger partial charge is 0.494 e. The minimum absolute atomic E-state index is 0.167. The van der Waals surface area contributed by atoms with Crippen LogP contribution in [0.25, 0.3) is 0 Å². The van der Waals surface area contributed by atoms with Crippen LogP contribution in [0.2, 0.25) is 0 Å².